The second kappa shape index (κ2) is 12.2. The van der Waals surface area contributed by atoms with Gasteiger partial charge in [-0.15, -0.1) is 11.3 Å². The van der Waals surface area contributed by atoms with Crippen LogP contribution in [0.2, 0.25) is 5.02 Å². The van der Waals surface area contributed by atoms with Crippen LogP contribution in [0.25, 0.3) is 6.08 Å². The van der Waals surface area contributed by atoms with Gasteiger partial charge in [0.25, 0.3) is 5.56 Å². The number of carbonyl (C=O) groups excluding carboxylic acids is 1. The Kier molecular flexibility index (Phi) is 8.96. The molecule has 0 fully saturated rings. The van der Waals surface area contributed by atoms with E-state index in [1.807, 2.05) is 60.0 Å². The van der Waals surface area contributed by atoms with E-state index in [9.17, 15) is 9.59 Å². The molecule has 0 radical (unpaired) electrons. The highest BCUT2D eigenvalue weighted by molar-refractivity contribution is 14.1. The SMILES string of the molecule is CCOC(=O)C1=C(C)N=c2s/c(=C\c3cc(I)cc(I)c3OCc3ccc(Cl)cc3)c(=O)n2[C@@H]1c1cccs1. The Hall–Kier alpha value is -2.00. The molecule has 2 aromatic heterocycles. The number of thiazole rings is 1. The number of esters is 1. The van der Waals surface area contributed by atoms with Gasteiger partial charge in [0.15, 0.2) is 4.80 Å². The third-order valence-electron chi connectivity index (χ3n) is 5.95. The topological polar surface area (TPSA) is 69.9 Å². The largest absolute Gasteiger partial charge is 0.487 e. The first-order valence-electron chi connectivity index (χ1n) is 11.9. The van der Waals surface area contributed by atoms with Gasteiger partial charge in [-0.2, -0.15) is 0 Å². The van der Waals surface area contributed by atoms with Crippen LogP contribution in [0, 0.1) is 7.14 Å². The van der Waals surface area contributed by atoms with Gasteiger partial charge in [0.05, 0.1) is 26.0 Å². The number of rotatable bonds is 7. The highest BCUT2D eigenvalue weighted by Crippen LogP contribution is 2.33. The van der Waals surface area contributed by atoms with E-state index in [-0.39, 0.29) is 12.2 Å². The molecule has 0 N–H and O–H groups in total. The summed E-state index contributed by atoms with van der Waals surface area (Å²) in [7, 11) is 0. The molecule has 1 aliphatic heterocycles. The molecule has 1 atom stereocenters. The Bertz CT molecular complexity index is 1760. The second-order valence-electron chi connectivity index (χ2n) is 8.54. The van der Waals surface area contributed by atoms with Crippen LogP contribution in [-0.4, -0.2) is 17.1 Å². The van der Waals surface area contributed by atoms with Gasteiger partial charge in [0.2, 0.25) is 0 Å². The van der Waals surface area contributed by atoms with Crippen LogP contribution < -0.4 is 19.6 Å². The second-order valence-corrected chi connectivity index (χ2v) is 13.4. The Labute approximate surface area is 264 Å². The smallest absolute Gasteiger partial charge is 0.338 e. The van der Waals surface area contributed by atoms with Crippen LogP contribution in [0.3, 0.4) is 0 Å². The van der Waals surface area contributed by atoms with Gasteiger partial charge in [0.1, 0.15) is 18.4 Å². The molecule has 0 unspecified atom stereocenters. The zero-order valence-corrected chi connectivity index (χ0v) is 27.4. The molecule has 0 aliphatic carbocycles. The highest BCUT2D eigenvalue weighted by Gasteiger charge is 2.34. The maximum Gasteiger partial charge on any atom is 0.338 e. The van der Waals surface area contributed by atoms with Crippen molar-refractivity contribution in [1.82, 2.24) is 4.57 Å². The van der Waals surface area contributed by atoms with Gasteiger partial charge >= 0.3 is 5.97 Å². The third-order valence-corrected chi connectivity index (χ3v) is 9.53. The monoisotopic (exact) mass is 802 g/mol. The molecule has 4 aromatic rings. The number of fused-ring (bicyclic) bond motifs is 1. The molecule has 3 heterocycles. The summed E-state index contributed by atoms with van der Waals surface area (Å²) in [4.78, 5) is 32.9. The predicted octanol–water partition coefficient (Wildman–Crippen LogP) is 6.30. The van der Waals surface area contributed by atoms with Gasteiger partial charge < -0.3 is 9.47 Å². The van der Waals surface area contributed by atoms with Crippen molar-refractivity contribution in [3.8, 4) is 5.75 Å². The van der Waals surface area contributed by atoms with E-state index in [0.29, 0.717) is 38.0 Å². The molecule has 6 nitrogen and oxygen atoms in total. The first kappa shape index (κ1) is 28.5. The fourth-order valence-electron chi connectivity index (χ4n) is 4.22. The zero-order valence-electron chi connectivity index (χ0n) is 20.7. The summed E-state index contributed by atoms with van der Waals surface area (Å²) in [5, 5.41) is 2.60. The summed E-state index contributed by atoms with van der Waals surface area (Å²) in [5.41, 5.74) is 2.49. The number of nitrogens with zero attached hydrogens (tertiary/aromatic N) is 2. The van der Waals surface area contributed by atoms with Crippen LogP contribution in [0.4, 0.5) is 0 Å². The molecule has 0 saturated heterocycles. The van der Waals surface area contributed by atoms with Crippen molar-refractivity contribution >= 4 is 91.5 Å². The molecule has 2 aromatic carbocycles. The van der Waals surface area contributed by atoms with E-state index in [1.165, 1.54) is 22.7 Å². The quantitative estimate of drug-likeness (QED) is 0.163. The van der Waals surface area contributed by atoms with E-state index in [0.717, 1.165) is 23.1 Å². The minimum atomic E-state index is -0.598. The fraction of sp³-hybridized carbons (Fsp3) is 0.179. The number of halogens is 3. The van der Waals surface area contributed by atoms with Gasteiger partial charge in [0, 0.05) is 19.0 Å². The number of ether oxygens (including phenoxy) is 2. The standard InChI is InChI=1S/C28H21ClI2N2O4S2/c1-3-36-27(35)23-15(2)32-28-33(24(23)21-5-4-10-38-21)26(34)22(39-28)12-17-11-19(30)13-20(31)25(17)37-14-16-6-8-18(29)9-7-16/h4-13,24H,3,14H2,1-2H3/b22-12-/t24-/m1/s1. The maximum atomic E-state index is 13.9. The molecule has 0 spiro atoms. The molecule has 200 valence electrons. The average Bonchev–Trinajstić information content (AvgIpc) is 3.52. The van der Waals surface area contributed by atoms with E-state index < -0.39 is 12.0 Å². The van der Waals surface area contributed by atoms with Crippen molar-refractivity contribution in [3.05, 3.63) is 113 Å². The van der Waals surface area contributed by atoms with Crippen LogP contribution in [0.1, 0.15) is 35.9 Å². The van der Waals surface area contributed by atoms with Crippen LogP contribution in [0.15, 0.2) is 75.0 Å². The molecule has 5 rings (SSSR count). The van der Waals surface area contributed by atoms with Gasteiger partial charge in [-0.1, -0.05) is 41.1 Å². The van der Waals surface area contributed by atoms with Crippen molar-refractivity contribution in [2.45, 2.75) is 26.5 Å². The van der Waals surface area contributed by atoms with Gasteiger partial charge in [-0.05, 0) is 106 Å². The minimum Gasteiger partial charge on any atom is -0.487 e. The number of benzene rings is 2. The summed E-state index contributed by atoms with van der Waals surface area (Å²) in [6.07, 6.45) is 1.85. The molecular weight excluding hydrogens is 782 g/mol. The van der Waals surface area contributed by atoms with Crippen molar-refractivity contribution < 1.29 is 14.3 Å². The molecule has 39 heavy (non-hydrogen) atoms. The average molecular weight is 803 g/mol. The number of hydrogen-bond acceptors (Lipinski definition) is 7. The number of allylic oxidation sites excluding steroid dienone is 1. The van der Waals surface area contributed by atoms with Gasteiger partial charge in [-0.25, -0.2) is 9.79 Å². The van der Waals surface area contributed by atoms with Crippen molar-refractivity contribution in [3.63, 3.8) is 0 Å². The lowest BCUT2D eigenvalue weighted by atomic mass is 10.0. The molecular formula is C28H21ClI2N2O4S2. The Morgan fingerprint density at radius 1 is 1.21 bits per heavy atom. The van der Waals surface area contributed by atoms with Crippen LogP contribution in [-0.2, 0) is 16.1 Å². The lowest BCUT2D eigenvalue weighted by Crippen LogP contribution is -2.39. The number of thiophene rings is 1. The lowest BCUT2D eigenvalue weighted by molar-refractivity contribution is -0.139. The molecule has 0 saturated carbocycles. The van der Waals surface area contributed by atoms with Gasteiger partial charge in [-0.3, -0.25) is 9.36 Å². The first-order chi connectivity index (χ1) is 18.8. The highest BCUT2D eigenvalue weighted by atomic mass is 127. The van der Waals surface area contributed by atoms with E-state index in [2.05, 4.69) is 50.2 Å². The number of hydrogen-bond donors (Lipinski definition) is 0. The Morgan fingerprint density at radius 2 is 1.97 bits per heavy atom. The summed E-state index contributed by atoms with van der Waals surface area (Å²) in [5.74, 6) is 0.228. The molecule has 0 bridgehead atoms. The normalized spacial score (nSPS) is 15.2. The Balaban J connectivity index is 1.62. The predicted molar refractivity (Wildman–Crippen MR) is 172 cm³/mol. The van der Waals surface area contributed by atoms with Crippen LogP contribution >= 0.6 is 79.5 Å². The van der Waals surface area contributed by atoms with E-state index in [1.54, 1.807) is 18.4 Å². The van der Waals surface area contributed by atoms with E-state index in [4.69, 9.17) is 21.1 Å². The van der Waals surface area contributed by atoms with Crippen LogP contribution in [0.5, 0.6) is 5.75 Å². The number of carbonyl (C=O) groups is 1. The molecule has 11 heteroatoms. The summed E-state index contributed by atoms with van der Waals surface area (Å²) in [6, 6.07) is 14.8. The zero-order chi connectivity index (χ0) is 27.7. The summed E-state index contributed by atoms with van der Waals surface area (Å²) < 4.78 is 15.7. The van der Waals surface area contributed by atoms with E-state index >= 15 is 0 Å². The summed E-state index contributed by atoms with van der Waals surface area (Å²) in [6.45, 7) is 4.14. The first-order valence-corrected chi connectivity index (χ1v) is 16.1. The third kappa shape index (κ3) is 6.04. The Morgan fingerprint density at radius 3 is 2.67 bits per heavy atom. The molecule has 0 amide bonds. The molecule has 1 aliphatic rings. The summed E-state index contributed by atoms with van der Waals surface area (Å²) >= 11 is 13.3. The number of aromatic nitrogens is 1. The lowest BCUT2D eigenvalue weighted by Gasteiger charge is -2.23. The maximum absolute atomic E-state index is 13.9. The van der Waals surface area contributed by atoms with Crippen molar-refractivity contribution in [1.29, 1.82) is 0 Å². The van der Waals surface area contributed by atoms with Crippen molar-refractivity contribution in [2.24, 2.45) is 4.99 Å². The van der Waals surface area contributed by atoms with Crippen molar-refractivity contribution in [2.75, 3.05) is 6.61 Å². The fourth-order valence-corrected chi connectivity index (χ4v) is 8.26. The minimum absolute atomic E-state index is 0.219.